The molecule has 1 N–H and O–H groups in total. The summed E-state index contributed by atoms with van der Waals surface area (Å²) in [4.78, 5) is 0. The van der Waals surface area contributed by atoms with Gasteiger partial charge in [0.2, 0.25) is 0 Å². The third-order valence-corrected chi connectivity index (χ3v) is 3.49. The summed E-state index contributed by atoms with van der Waals surface area (Å²) in [5, 5.41) is 8.82. The first kappa shape index (κ1) is 12.0. The highest BCUT2D eigenvalue weighted by Gasteiger charge is 2.45. The number of hydrogen-bond acceptors (Lipinski definition) is 3. The molecule has 0 spiro atoms. The van der Waals surface area contributed by atoms with E-state index in [4.69, 9.17) is 14.6 Å². The van der Waals surface area contributed by atoms with Gasteiger partial charge in [0.25, 0.3) is 0 Å². The van der Waals surface area contributed by atoms with Gasteiger partial charge >= 0.3 is 0 Å². The van der Waals surface area contributed by atoms with Crippen LogP contribution in [0.3, 0.4) is 0 Å². The monoisotopic (exact) mass is 202 g/mol. The number of methoxy groups -OCH3 is 2. The van der Waals surface area contributed by atoms with Crippen molar-refractivity contribution in [2.75, 3.05) is 20.8 Å². The molecular formula is C11H22O3. The van der Waals surface area contributed by atoms with E-state index < -0.39 is 0 Å². The van der Waals surface area contributed by atoms with Gasteiger partial charge < -0.3 is 14.6 Å². The van der Waals surface area contributed by atoms with Crippen LogP contribution in [0.1, 0.15) is 39.0 Å². The fourth-order valence-corrected chi connectivity index (χ4v) is 2.47. The first-order chi connectivity index (χ1) is 6.60. The molecule has 14 heavy (non-hydrogen) atoms. The van der Waals surface area contributed by atoms with Gasteiger partial charge in [0, 0.05) is 33.7 Å². The van der Waals surface area contributed by atoms with Crippen molar-refractivity contribution in [3.8, 4) is 0 Å². The molecule has 1 aliphatic carbocycles. The molecule has 1 saturated carbocycles. The average Bonchev–Trinajstić information content (AvgIpc) is 2.55. The van der Waals surface area contributed by atoms with Gasteiger partial charge in [-0.05, 0) is 24.7 Å². The van der Waals surface area contributed by atoms with Crippen LogP contribution >= 0.6 is 0 Å². The predicted octanol–water partition coefficient (Wildman–Crippen LogP) is 1.94. The number of rotatable bonds is 5. The Kier molecular flexibility index (Phi) is 3.93. The van der Waals surface area contributed by atoms with Crippen LogP contribution < -0.4 is 0 Å². The lowest BCUT2D eigenvalue weighted by Gasteiger charge is -2.29. The van der Waals surface area contributed by atoms with E-state index >= 15 is 0 Å². The number of hydrogen-bond donors (Lipinski definition) is 1. The molecule has 0 radical (unpaired) electrons. The fraction of sp³-hybridized carbons (Fsp3) is 1.00. The Balaban J connectivity index is 2.52. The van der Waals surface area contributed by atoms with Crippen LogP contribution in [0.4, 0.5) is 0 Å². The van der Waals surface area contributed by atoms with Gasteiger partial charge in [0.1, 0.15) is 0 Å². The molecule has 0 saturated heterocycles. The number of aliphatic hydroxyl groups is 1. The van der Waals surface area contributed by atoms with E-state index in [2.05, 4.69) is 6.92 Å². The molecule has 0 bridgehead atoms. The highest BCUT2D eigenvalue weighted by atomic mass is 16.7. The van der Waals surface area contributed by atoms with Gasteiger partial charge in [0.05, 0.1) is 0 Å². The van der Waals surface area contributed by atoms with Crippen molar-refractivity contribution in [3.05, 3.63) is 0 Å². The van der Waals surface area contributed by atoms with Crippen LogP contribution in [0.25, 0.3) is 0 Å². The van der Waals surface area contributed by atoms with Crippen LogP contribution in [0.5, 0.6) is 0 Å². The van der Waals surface area contributed by atoms with Crippen molar-refractivity contribution < 1.29 is 14.6 Å². The van der Waals surface area contributed by atoms with Crippen molar-refractivity contribution in [2.45, 2.75) is 44.8 Å². The second-order valence-electron chi connectivity index (χ2n) is 4.63. The third-order valence-electron chi connectivity index (χ3n) is 3.49. The summed E-state index contributed by atoms with van der Waals surface area (Å²) in [6.45, 7) is 2.53. The van der Waals surface area contributed by atoms with Gasteiger partial charge in [-0.3, -0.25) is 0 Å². The van der Waals surface area contributed by atoms with Gasteiger partial charge in [-0.25, -0.2) is 0 Å². The van der Waals surface area contributed by atoms with Crippen molar-refractivity contribution in [3.63, 3.8) is 0 Å². The minimum atomic E-state index is -0.371. The molecule has 0 aromatic carbocycles. The highest BCUT2D eigenvalue weighted by Crippen LogP contribution is 2.48. The fourth-order valence-electron chi connectivity index (χ4n) is 2.47. The largest absolute Gasteiger partial charge is 0.396 e. The van der Waals surface area contributed by atoms with Gasteiger partial charge in [-0.15, -0.1) is 0 Å². The minimum Gasteiger partial charge on any atom is -0.396 e. The first-order valence-corrected chi connectivity index (χ1v) is 5.31. The highest BCUT2D eigenvalue weighted by molar-refractivity contribution is 4.91. The summed E-state index contributed by atoms with van der Waals surface area (Å²) in [5.41, 5.74) is 0.273. The molecule has 1 aliphatic rings. The minimum absolute atomic E-state index is 0.273. The van der Waals surface area contributed by atoms with Gasteiger partial charge in [-0.2, -0.15) is 0 Å². The predicted molar refractivity (Wildman–Crippen MR) is 55.0 cm³/mol. The maximum Gasteiger partial charge on any atom is 0.168 e. The molecule has 3 heteroatoms. The molecule has 0 amide bonds. The maximum absolute atomic E-state index is 8.82. The first-order valence-electron chi connectivity index (χ1n) is 5.31. The second kappa shape index (κ2) is 4.60. The SMILES string of the molecule is COC1(OC)CCC(C)(CCCO)C1. The third kappa shape index (κ3) is 2.47. The van der Waals surface area contributed by atoms with Crippen molar-refractivity contribution in [1.29, 1.82) is 0 Å². The van der Waals surface area contributed by atoms with E-state index in [0.29, 0.717) is 0 Å². The Morgan fingerprint density at radius 3 is 2.29 bits per heavy atom. The van der Waals surface area contributed by atoms with Crippen molar-refractivity contribution in [1.82, 2.24) is 0 Å². The Hall–Kier alpha value is -0.120. The summed E-state index contributed by atoms with van der Waals surface area (Å²) in [6, 6.07) is 0. The zero-order chi connectivity index (χ0) is 10.7. The molecule has 1 rings (SSSR count). The van der Waals surface area contributed by atoms with Crippen LogP contribution in [0.2, 0.25) is 0 Å². The van der Waals surface area contributed by atoms with E-state index in [1.807, 2.05) is 0 Å². The lowest BCUT2D eigenvalue weighted by Crippen LogP contribution is -2.31. The lowest BCUT2D eigenvalue weighted by molar-refractivity contribution is -0.205. The zero-order valence-electron chi connectivity index (χ0n) is 9.51. The Morgan fingerprint density at radius 2 is 1.86 bits per heavy atom. The van der Waals surface area contributed by atoms with E-state index in [0.717, 1.165) is 32.1 Å². The van der Waals surface area contributed by atoms with E-state index in [1.165, 1.54) is 0 Å². The number of aliphatic hydroxyl groups excluding tert-OH is 1. The molecular weight excluding hydrogens is 180 g/mol. The Bertz CT molecular complexity index is 177. The molecule has 1 unspecified atom stereocenters. The van der Waals surface area contributed by atoms with Gasteiger partial charge in [-0.1, -0.05) is 6.92 Å². The van der Waals surface area contributed by atoms with E-state index in [9.17, 15) is 0 Å². The van der Waals surface area contributed by atoms with Gasteiger partial charge in [0.15, 0.2) is 5.79 Å². The summed E-state index contributed by atoms with van der Waals surface area (Å²) in [6.07, 6.45) is 4.95. The second-order valence-corrected chi connectivity index (χ2v) is 4.63. The average molecular weight is 202 g/mol. The molecule has 3 nitrogen and oxygen atoms in total. The summed E-state index contributed by atoms with van der Waals surface area (Å²) in [5.74, 6) is -0.371. The van der Waals surface area contributed by atoms with Crippen LogP contribution in [0, 0.1) is 5.41 Å². The summed E-state index contributed by atoms with van der Waals surface area (Å²) < 4.78 is 10.9. The lowest BCUT2D eigenvalue weighted by atomic mass is 9.83. The summed E-state index contributed by atoms with van der Waals surface area (Å²) >= 11 is 0. The van der Waals surface area contributed by atoms with Crippen LogP contribution in [-0.4, -0.2) is 31.7 Å². The zero-order valence-corrected chi connectivity index (χ0v) is 9.51. The smallest absolute Gasteiger partial charge is 0.168 e. The van der Waals surface area contributed by atoms with E-state index in [-0.39, 0.29) is 17.8 Å². The van der Waals surface area contributed by atoms with Crippen molar-refractivity contribution in [2.24, 2.45) is 5.41 Å². The molecule has 0 aliphatic heterocycles. The Morgan fingerprint density at radius 1 is 1.21 bits per heavy atom. The molecule has 84 valence electrons. The van der Waals surface area contributed by atoms with Crippen LogP contribution in [-0.2, 0) is 9.47 Å². The molecule has 0 aromatic heterocycles. The molecule has 1 atom stereocenters. The topological polar surface area (TPSA) is 38.7 Å². The van der Waals surface area contributed by atoms with Crippen molar-refractivity contribution >= 4 is 0 Å². The standard InChI is InChI=1S/C11H22O3/c1-10(5-4-8-12)6-7-11(9-10,13-2)14-3/h12H,4-9H2,1-3H3. The molecule has 0 aromatic rings. The Labute approximate surface area is 86.4 Å². The summed E-state index contributed by atoms with van der Waals surface area (Å²) in [7, 11) is 3.42. The van der Waals surface area contributed by atoms with E-state index in [1.54, 1.807) is 14.2 Å². The number of ether oxygens (including phenoxy) is 2. The quantitative estimate of drug-likeness (QED) is 0.692. The molecule has 1 fully saturated rings. The normalized spacial score (nSPS) is 30.9. The molecule has 0 heterocycles. The van der Waals surface area contributed by atoms with Crippen LogP contribution in [0.15, 0.2) is 0 Å². The maximum atomic E-state index is 8.82.